The number of nitrogens with zero attached hydrogens (tertiary/aromatic N) is 5. The number of rotatable bonds is 7. The number of halogens is 4. The Kier molecular flexibility index (Phi) is 7.63. The molecule has 5 rings (SSSR count). The monoisotopic (exact) mass is 598 g/mol. The van der Waals surface area contributed by atoms with Crippen molar-refractivity contribution in [3.63, 3.8) is 0 Å². The van der Waals surface area contributed by atoms with Gasteiger partial charge in [0, 0.05) is 32.6 Å². The maximum atomic E-state index is 14.2. The second-order valence-electron chi connectivity index (χ2n) is 9.93. The van der Waals surface area contributed by atoms with Crippen LogP contribution in [-0.2, 0) is 21.5 Å². The fraction of sp³-hybridized carbons (Fsp3) is 0.440. The van der Waals surface area contributed by atoms with Crippen molar-refractivity contribution in [1.82, 2.24) is 23.4 Å². The Morgan fingerprint density at radius 3 is 2.46 bits per heavy atom. The van der Waals surface area contributed by atoms with Crippen LogP contribution in [0.15, 0.2) is 41.0 Å². The summed E-state index contributed by atoms with van der Waals surface area (Å²) < 4.78 is 89.7. The van der Waals surface area contributed by atoms with Crippen LogP contribution in [0.3, 0.4) is 0 Å². The Balaban J connectivity index is 1.53. The van der Waals surface area contributed by atoms with E-state index in [1.54, 1.807) is 6.92 Å². The minimum Gasteiger partial charge on any atom is -0.469 e. The summed E-state index contributed by atoms with van der Waals surface area (Å²) in [6.07, 6.45) is -3.71. The number of carbonyl (C=O) groups is 2. The van der Waals surface area contributed by atoms with Crippen molar-refractivity contribution in [2.75, 3.05) is 25.0 Å². The van der Waals surface area contributed by atoms with E-state index < -0.39 is 64.6 Å². The number of alkyl halides is 3. The van der Waals surface area contributed by atoms with E-state index in [0.717, 1.165) is 15.3 Å². The van der Waals surface area contributed by atoms with Crippen LogP contribution in [0.2, 0.25) is 0 Å². The predicted octanol–water partition coefficient (Wildman–Crippen LogP) is 3.45. The normalized spacial score (nSPS) is 20.5. The highest BCUT2D eigenvalue weighted by atomic mass is 32.2. The summed E-state index contributed by atoms with van der Waals surface area (Å²) in [7, 11) is -4.37. The van der Waals surface area contributed by atoms with Gasteiger partial charge in [-0.2, -0.15) is 35.6 Å². The van der Waals surface area contributed by atoms with Gasteiger partial charge in [-0.25, -0.2) is 8.70 Å². The Morgan fingerprint density at radius 1 is 1.17 bits per heavy atom. The van der Waals surface area contributed by atoms with Crippen LogP contribution in [0.1, 0.15) is 52.7 Å². The standard InChI is InChI=1S/C25H26F4N6O5S/c1-15-10-17(14-40-15)23(37)35-24(30-12-16-4-6-18(26)7-5-16)31-22(32-35)19-13-34(21(36)11-20(19)25(27,28)29)41(38,39)33-8-2-3-9-33/h4-7,10,14,19-20H,2-3,8-9,11-13H2,1H3,(H,30,31,32). The van der Waals surface area contributed by atoms with Crippen molar-refractivity contribution in [2.24, 2.45) is 5.92 Å². The first-order valence-corrected chi connectivity index (χ1v) is 14.2. The van der Waals surface area contributed by atoms with Crippen LogP contribution in [-0.4, -0.2) is 69.4 Å². The number of nitrogens with one attached hydrogen (secondary N) is 1. The molecule has 41 heavy (non-hydrogen) atoms. The van der Waals surface area contributed by atoms with Gasteiger partial charge in [-0.1, -0.05) is 12.1 Å². The van der Waals surface area contributed by atoms with Crippen LogP contribution >= 0.6 is 0 Å². The highest BCUT2D eigenvalue weighted by Crippen LogP contribution is 2.43. The van der Waals surface area contributed by atoms with E-state index in [0.29, 0.717) is 28.5 Å². The maximum absolute atomic E-state index is 14.2. The van der Waals surface area contributed by atoms with Gasteiger partial charge in [-0.05, 0) is 43.5 Å². The van der Waals surface area contributed by atoms with Crippen molar-refractivity contribution >= 4 is 28.0 Å². The quantitative estimate of drug-likeness (QED) is 0.410. The SMILES string of the molecule is Cc1cc(C(=O)n2nc(C3CN(S(=O)(=O)N4CCCC4)C(=O)CC3C(F)(F)F)nc2NCc2ccc(F)cc2)co1. The summed E-state index contributed by atoms with van der Waals surface area (Å²) in [5.74, 6) is -6.66. The summed E-state index contributed by atoms with van der Waals surface area (Å²) in [6, 6.07) is 6.79. The van der Waals surface area contributed by atoms with E-state index in [1.165, 1.54) is 30.3 Å². The molecule has 0 saturated carbocycles. The van der Waals surface area contributed by atoms with Crippen molar-refractivity contribution in [2.45, 2.75) is 44.8 Å². The lowest BCUT2D eigenvalue weighted by Crippen LogP contribution is -2.53. The van der Waals surface area contributed by atoms with Crippen molar-refractivity contribution in [1.29, 1.82) is 0 Å². The van der Waals surface area contributed by atoms with E-state index in [-0.39, 0.29) is 31.1 Å². The second kappa shape index (κ2) is 10.9. The van der Waals surface area contributed by atoms with E-state index in [1.807, 2.05) is 0 Å². The topological polar surface area (TPSA) is 131 Å². The zero-order valence-corrected chi connectivity index (χ0v) is 22.6. The van der Waals surface area contributed by atoms with Gasteiger partial charge >= 0.3 is 16.4 Å². The third-order valence-electron chi connectivity index (χ3n) is 7.10. The van der Waals surface area contributed by atoms with Gasteiger partial charge in [0.15, 0.2) is 5.82 Å². The van der Waals surface area contributed by atoms with Gasteiger partial charge in [0.05, 0.1) is 17.4 Å². The van der Waals surface area contributed by atoms with Gasteiger partial charge < -0.3 is 9.73 Å². The summed E-state index contributed by atoms with van der Waals surface area (Å²) in [5, 5.41) is 6.94. The van der Waals surface area contributed by atoms with E-state index in [9.17, 15) is 35.6 Å². The molecule has 220 valence electrons. The van der Waals surface area contributed by atoms with Gasteiger partial charge in [0.1, 0.15) is 17.8 Å². The number of hydrogen-bond donors (Lipinski definition) is 1. The van der Waals surface area contributed by atoms with Gasteiger partial charge in [-0.15, -0.1) is 5.10 Å². The van der Waals surface area contributed by atoms with E-state index in [4.69, 9.17) is 4.42 Å². The van der Waals surface area contributed by atoms with Crippen LogP contribution in [0.25, 0.3) is 0 Å². The summed E-state index contributed by atoms with van der Waals surface area (Å²) in [6.45, 7) is 1.07. The molecule has 2 atom stereocenters. The Bertz CT molecular complexity index is 1550. The first-order chi connectivity index (χ1) is 19.3. The number of amides is 1. The number of aryl methyl sites for hydroxylation is 1. The fourth-order valence-corrected chi connectivity index (χ4v) is 6.61. The van der Waals surface area contributed by atoms with Crippen LogP contribution in [0.5, 0.6) is 0 Å². The van der Waals surface area contributed by atoms with Crippen LogP contribution in [0.4, 0.5) is 23.5 Å². The lowest BCUT2D eigenvalue weighted by Gasteiger charge is -2.38. The zero-order valence-electron chi connectivity index (χ0n) is 21.8. The Labute approximate surface area is 232 Å². The molecule has 2 unspecified atom stereocenters. The number of benzene rings is 1. The molecule has 0 spiro atoms. The lowest BCUT2D eigenvalue weighted by atomic mass is 9.85. The molecule has 2 aliphatic heterocycles. The smallest absolute Gasteiger partial charge is 0.393 e. The first kappa shape index (κ1) is 28.7. The molecule has 2 aliphatic rings. The minimum absolute atomic E-state index is 0.0113. The summed E-state index contributed by atoms with van der Waals surface area (Å²) >= 11 is 0. The number of anilines is 1. The fourth-order valence-electron chi connectivity index (χ4n) is 4.93. The second-order valence-corrected chi connectivity index (χ2v) is 11.8. The molecule has 2 aromatic heterocycles. The molecule has 16 heteroatoms. The third kappa shape index (κ3) is 5.84. The largest absolute Gasteiger partial charge is 0.469 e. The lowest BCUT2D eigenvalue weighted by molar-refractivity contribution is -0.192. The summed E-state index contributed by atoms with van der Waals surface area (Å²) in [4.78, 5) is 30.2. The molecule has 1 amide bonds. The maximum Gasteiger partial charge on any atom is 0.393 e. The van der Waals surface area contributed by atoms with Crippen LogP contribution in [0, 0.1) is 18.7 Å². The number of furan rings is 1. The molecule has 4 heterocycles. The highest BCUT2D eigenvalue weighted by Gasteiger charge is 2.54. The highest BCUT2D eigenvalue weighted by molar-refractivity contribution is 7.87. The third-order valence-corrected chi connectivity index (χ3v) is 9.03. The number of carbonyl (C=O) groups excluding carboxylic acids is 2. The molecule has 0 aliphatic carbocycles. The van der Waals surface area contributed by atoms with E-state index >= 15 is 0 Å². The molecule has 3 aromatic rings. The Morgan fingerprint density at radius 2 is 1.85 bits per heavy atom. The van der Waals surface area contributed by atoms with E-state index in [2.05, 4.69) is 15.4 Å². The van der Waals surface area contributed by atoms with Gasteiger partial charge in [0.2, 0.25) is 11.9 Å². The zero-order chi connectivity index (χ0) is 29.5. The number of aromatic nitrogens is 3. The van der Waals surface area contributed by atoms with Gasteiger partial charge in [-0.3, -0.25) is 9.59 Å². The molecular formula is C25H26F4N6O5S. The molecule has 0 bridgehead atoms. The minimum atomic E-state index is -4.89. The predicted molar refractivity (Wildman–Crippen MR) is 135 cm³/mol. The average molecular weight is 599 g/mol. The summed E-state index contributed by atoms with van der Waals surface area (Å²) in [5.41, 5.74) is 0.627. The van der Waals surface area contributed by atoms with Crippen molar-refractivity contribution in [3.05, 3.63) is 65.1 Å². The molecule has 1 N–H and O–H groups in total. The van der Waals surface area contributed by atoms with Crippen molar-refractivity contribution in [3.8, 4) is 0 Å². The Hall–Kier alpha value is -3.79. The molecule has 1 aromatic carbocycles. The average Bonchev–Trinajstić information content (AvgIpc) is 3.69. The molecule has 0 radical (unpaired) electrons. The van der Waals surface area contributed by atoms with Gasteiger partial charge in [0.25, 0.3) is 5.91 Å². The molecule has 11 nitrogen and oxygen atoms in total. The number of hydrogen-bond acceptors (Lipinski definition) is 8. The number of piperidine rings is 1. The molecule has 2 saturated heterocycles. The van der Waals surface area contributed by atoms with Crippen molar-refractivity contribution < 1.29 is 40.0 Å². The molecular weight excluding hydrogens is 572 g/mol. The van der Waals surface area contributed by atoms with Crippen LogP contribution < -0.4 is 5.32 Å². The molecule has 2 fully saturated rings. The first-order valence-electron chi connectivity index (χ1n) is 12.8.